The molecular formula is C21H16F6N4O2. The van der Waals surface area contributed by atoms with Crippen LogP contribution in [0.25, 0.3) is 17.2 Å². The van der Waals surface area contributed by atoms with Crippen molar-refractivity contribution >= 4 is 17.7 Å². The van der Waals surface area contributed by atoms with Crippen molar-refractivity contribution in [3.63, 3.8) is 0 Å². The van der Waals surface area contributed by atoms with E-state index >= 15 is 0 Å². The maximum Gasteiger partial charge on any atom is 0.430 e. The second kappa shape index (κ2) is 8.70. The molecule has 0 unspecified atom stereocenters. The van der Waals surface area contributed by atoms with Crippen LogP contribution in [0.3, 0.4) is 0 Å². The molecule has 3 aromatic rings. The van der Waals surface area contributed by atoms with Gasteiger partial charge in [0.05, 0.1) is 6.20 Å². The Morgan fingerprint density at radius 1 is 1.03 bits per heavy atom. The minimum atomic E-state index is -5.99. The molecule has 0 bridgehead atoms. The second-order valence-corrected chi connectivity index (χ2v) is 6.97. The maximum absolute atomic E-state index is 13.0. The van der Waals surface area contributed by atoms with E-state index in [1.54, 1.807) is 36.4 Å². The van der Waals surface area contributed by atoms with Crippen LogP contribution < -0.4 is 5.32 Å². The number of alkyl halides is 6. The fourth-order valence-electron chi connectivity index (χ4n) is 2.99. The molecule has 0 aliphatic carbocycles. The van der Waals surface area contributed by atoms with Crippen molar-refractivity contribution in [1.29, 1.82) is 0 Å². The van der Waals surface area contributed by atoms with Gasteiger partial charge in [-0.2, -0.15) is 31.4 Å². The Bertz CT molecular complexity index is 1150. The average molecular weight is 470 g/mol. The highest BCUT2D eigenvalue weighted by Gasteiger charge is 2.71. The van der Waals surface area contributed by atoms with E-state index in [0.717, 1.165) is 29.3 Å². The zero-order valence-corrected chi connectivity index (χ0v) is 16.8. The normalized spacial score (nSPS) is 12.8. The summed E-state index contributed by atoms with van der Waals surface area (Å²) in [6.45, 7) is 0. The summed E-state index contributed by atoms with van der Waals surface area (Å²) < 4.78 is 79.3. The average Bonchev–Trinajstić information content (AvgIpc) is 3.17. The second-order valence-electron chi connectivity index (χ2n) is 6.97. The van der Waals surface area contributed by atoms with Gasteiger partial charge < -0.3 is 10.4 Å². The number of nitrogens with one attached hydrogen (secondary N) is 1. The summed E-state index contributed by atoms with van der Waals surface area (Å²) in [5, 5.41) is 15.8. The predicted molar refractivity (Wildman–Crippen MR) is 107 cm³/mol. The van der Waals surface area contributed by atoms with Crippen molar-refractivity contribution < 1.29 is 36.2 Å². The molecule has 0 spiro atoms. The van der Waals surface area contributed by atoms with E-state index in [2.05, 4.69) is 15.4 Å². The molecule has 1 amide bonds. The largest absolute Gasteiger partial charge is 0.430 e. The number of aromatic nitrogens is 3. The highest BCUT2D eigenvalue weighted by molar-refractivity contribution is 6.02. The lowest BCUT2D eigenvalue weighted by molar-refractivity contribution is -0.376. The highest BCUT2D eigenvalue weighted by Crippen LogP contribution is 2.50. The van der Waals surface area contributed by atoms with Gasteiger partial charge in [-0.15, -0.1) is 0 Å². The number of carbonyl (C=O) groups excluding carboxylic acids is 1. The number of halogens is 6. The third-order valence-electron chi connectivity index (χ3n) is 4.67. The van der Waals surface area contributed by atoms with Gasteiger partial charge in [0, 0.05) is 54.1 Å². The lowest BCUT2D eigenvalue weighted by atomic mass is 9.92. The smallest absolute Gasteiger partial charge is 0.369 e. The first-order chi connectivity index (χ1) is 15.3. The number of benzene rings is 1. The van der Waals surface area contributed by atoms with Crippen LogP contribution in [0, 0.1) is 0 Å². The molecule has 2 aromatic heterocycles. The van der Waals surface area contributed by atoms with E-state index in [9.17, 15) is 36.2 Å². The van der Waals surface area contributed by atoms with Gasteiger partial charge in [-0.1, -0.05) is 12.1 Å². The number of hydrogen-bond acceptors (Lipinski definition) is 4. The molecule has 33 heavy (non-hydrogen) atoms. The van der Waals surface area contributed by atoms with Crippen molar-refractivity contribution in [2.75, 3.05) is 5.32 Å². The van der Waals surface area contributed by atoms with E-state index in [-0.39, 0.29) is 5.69 Å². The molecule has 2 heterocycles. The van der Waals surface area contributed by atoms with Crippen molar-refractivity contribution in [3.05, 3.63) is 72.3 Å². The Balaban J connectivity index is 1.77. The topological polar surface area (TPSA) is 80.0 Å². The summed E-state index contributed by atoms with van der Waals surface area (Å²) in [5.74, 6) is -0.689. The van der Waals surface area contributed by atoms with E-state index in [4.69, 9.17) is 0 Å². The molecule has 0 saturated carbocycles. The highest BCUT2D eigenvalue weighted by atomic mass is 19.4. The quantitative estimate of drug-likeness (QED) is 0.427. The van der Waals surface area contributed by atoms with Gasteiger partial charge >= 0.3 is 12.4 Å². The van der Waals surface area contributed by atoms with Gasteiger partial charge in [0.15, 0.2) is 0 Å². The summed E-state index contributed by atoms with van der Waals surface area (Å²) >= 11 is 0. The van der Waals surface area contributed by atoms with E-state index in [1.807, 2.05) is 0 Å². The Labute approximate surface area is 183 Å². The molecule has 6 nitrogen and oxygen atoms in total. The summed E-state index contributed by atoms with van der Waals surface area (Å²) in [6.07, 6.45) is -2.95. The van der Waals surface area contributed by atoms with E-state index in [1.165, 1.54) is 12.3 Å². The summed E-state index contributed by atoms with van der Waals surface area (Å²) in [5.41, 5.74) is -4.43. The molecule has 174 valence electrons. The molecule has 12 heteroatoms. The molecule has 0 atom stereocenters. The lowest BCUT2D eigenvalue weighted by Gasteiger charge is -2.32. The van der Waals surface area contributed by atoms with Gasteiger partial charge in [0.2, 0.25) is 5.91 Å². The van der Waals surface area contributed by atoms with Crippen LogP contribution in [0.4, 0.5) is 32.0 Å². The Kier molecular flexibility index (Phi) is 6.32. The maximum atomic E-state index is 13.0. The van der Waals surface area contributed by atoms with Gasteiger partial charge in [-0.3, -0.25) is 14.5 Å². The molecular weight excluding hydrogens is 454 g/mol. The molecule has 0 radical (unpaired) electrons. The Morgan fingerprint density at radius 3 is 2.21 bits per heavy atom. The number of aryl methyl sites for hydroxylation is 1. The number of anilines is 1. The molecule has 2 N–H and O–H groups in total. The van der Waals surface area contributed by atoms with Gasteiger partial charge in [0.25, 0.3) is 5.60 Å². The van der Waals surface area contributed by atoms with Crippen LogP contribution in [0.2, 0.25) is 0 Å². The molecule has 0 aliphatic heterocycles. The third-order valence-corrected chi connectivity index (χ3v) is 4.67. The van der Waals surface area contributed by atoms with E-state index in [0.29, 0.717) is 17.7 Å². The molecule has 3 rings (SSSR count). The number of hydrogen-bond donors (Lipinski definition) is 2. The van der Waals surface area contributed by atoms with Crippen molar-refractivity contribution in [1.82, 2.24) is 14.8 Å². The fourth-order valence-corrected chi connectivity index (χ4v) is 2.99. The van der Waals surface area contributed by atoms with Gasteiger partial charge in [0.1, 0.15) is 0 Å². The molecule has 0 saturated heterocycles. The number of carbonyl (C=O) groups is 1. The first-order valence-corrected chi connectivity index (χ1v) is 9.21. The Morgan fingerprint density at radius 2 is 1.67 bits per heavy atom. The van der Waals surface area contributed by atoms with Crippen LogP contribution >= 0.6 is 0 Å². The monoisotopic (exact) mass is 470 g/mol. The van der Waals surface area contributed by atoms with Gasteiger partial charge in [-0.05, 0) is 29.8 Å². The van der Waals surface area contributed by atoms with Crippen LogP contribution in [0.5, 0.6) is 0 Å². The Hall–Kier alpha value is -3.67. The zero-order chi connectivity index (χ0) is 24.4. The first-order valence-electron chi connectivity index (χ1n) is 9.21. The minimum Gasteiger partial charge on any atom is -0.369 e. The molecule has 1 aromatic carbocycles. The van der Waals surface area contributed by atoms with Crippen molar-refractivity contribution in [3.8, 4) is 11.1 Å². The number of pyridine rings is 1. The van der Waals surface area contributed by atoms with Crippen LogP contribution in [-0.2, 0) is 17.4 Å². The minimum absolute atomic E-state index is 0.0706. The van der Waals surface area contributed by atoms with Gasteiger partial charge in [-0.25, -0.2) is 0 Å². The third kappa shape index (κ3) is 4.90. The predicted octanol–water partition coefficient (Wildman–Crippen LogP) is 4.45. The van der Waals surface area contributed by atoms with E-state index < -0.39 is 29.4 Å². The van der Waals surface area contributed by atoms with Crippen LogP contribution in [0.1, 0.15) is 11.1 Å². The number of amides is 1. The standard InChI is InChI=1S/C21H16F6N4O2/c1-31-12-14(11-29-31)17-8-9-28-10-13(17)2-7-18(32)30-16-5-3-15(4-6-16)19(33,20(22,23)24)21(25,26)27/h2-12,33H,1H3,(H,30,32). The molecule has 0 aliphatic rings. The van der Waals surface area contributed by atoms with Crippen molar-refractivity contribution in [2.24, 2.45) is 7.05 Å². The lowest BCUT2D eigenvalue weighted by Crippen LogP contribution is -2.53. The van der Waals surface area contributed by atoms with Crippen molar-refractivity contribution in [2.45, 2.75) is 18.0 Å². The number of aliphatic hydroxyl groups is 1. The summed E-state index contributed by atoms with van der Waals surface area (Å²) in [4.78, 5) is 16.2. The number of nitrogens with zero attached hydrogens (tertiary/aromatic N) is 3. The SMILES string of the molecule is Cn1cc(-c2ccncc2C=CC(=O)Nc2ccc(C(O)(C(F)(F)F)C(F)(F)F)cc2)cn1. The zero-order valence-electron chi connectivity index (χ0n) is 16.8. The molecule has 0 fully saturated rings. The summed E-state index contributed by atoms with van der Waals surface area (Å²) in [7, 11) is 1.74. The summed E-state index contributed by atoms with van der Waals surface area (Å²) in [6, 6.07) is 4.27. The van der Waals surface area contributed by atoms with Crippen LogP contribution in [-0.4, -0.2) is 38.1 Å². The fraction of sp³-hybridized carbons (Fsp3) is 0.190. The number of rotatable bonds is 5. The van der Waals surface area contributed by atoms with Crippen LogP contribution in [0.15, 0.2) is 61.2 Å². The first kappa shape index (κ1) is 24.0.